The van der Waals surface area contributed by atoms with Crippen LogP contribution in [-0.2, 0) is 6.42 Å². The van der Waals surface area contributed by atoms with Gasteiger partial charge in [-0.05, 0) is 56.0 Å². The quantitative estimate of drug-likeness (QED) is 0.722. The van der Waals surface area contributed by atoms with Crippen molar-refractivity contribution in [2.75, 3.05) is 26.2 Å². The molecule has 0 bridgehead atoms. The molecule has 1 N–H and O–H groups in total. The molecule has 0 unspecified atom stereocenters. The average molecular weight is 344 g/mol. The fourth-order valence-corrected chi connectivity index (χ4v) is 8.17. The normalized spacial score (nSPS) is 16.8. The summed E-state index contributed by atoms with van der Waals surface area (Å²) in [6.07, 6.45) is 7.98. The highest BCUT2D eigenvalue weighted by atomic mass is 28.4. The molecule has 0 spiro atoms. The van der Waals surface area contributed by atoms with E-state index in [4.69, 9.17) is 0 Å². The van der Waals surface area contributed by atoms with E-state index in [0.717, 1.165) is 38.6 Å². The van der Waals surface area contributed by atoms with Gasteiger partial charge >= 0.3 is 8.56 Å². The smallest absolute Gasteiger partial charge is 0.320 e. The molecular weight excluding hydrogens is 310 g/mol. The molecule has 2 rings (SSSR count). The van der Waals surface area contributed by atoms with E-state index >= 15 is 0 Å². The Bertz CT molecular complexity index is 533. The van der Waals surface area contributed by atoms with Gasteiger partial charge in [-0.2, -0.15) is 0 Å². The first-order chi connectivity index (χ1) is 11.7. The molecule has 0 saturated heterocycles. The second-order valence-corrected chi connectivity index (χ2v) is 9.88. The molecule has 0 saturated carbocycles. The van der Waals surface area contributed by atoms with Crippen LogP contribution >= 0.6 is 0 Å². The Morgan fingerprint density at radius 2 is 1.50 bits per heavy atom. The van der Waals surface area contributed by atoms with E-state index in [-0.39, 0.29) is 0 Å². The standard InChI is InChI=1S/C20H33N3Si/c1-5-22(6-2)24(23(7-3)8-4)17-15-20(14-16-21-24)18-19-12-10-9-11-13-19/h9-16,21H,5-8,17-18H2,1-4H3. The zero-order valence-electron chi connectivity index (χ0n) is 15.8. The second-order valence-electron chi connectivity index (χ2n) is 6.28. The Kier molecular flexibility index (Phi) is 7.28. The second kappa shape index (κ2) is 9.21. The topological polar surface area (TPSA) is 18.5 Å². The summed E-state index contributed by atoms with van der Waals surface area (Å²) < 4.78 is 5.35. The molecule has 0 atom stereocenters. The summed E-state index contributed by atoms with van der Waals surface area (Å²) in [6.45, 7) is 13.5. The summed E-state index contributed by atoms with van der Waals surface area (Å²) in [6, 6.07) is 11.9. The van der Waals surface area contributed by atoms with Crippen LogP contribution in [0, 0.1) is 0 Å². The number of hydrogen-bond donors (Lipinski definition) is 1. The van der Waals surface area contributed by atoms with Crippen molar-refractivity contribution in [1.29, 1.82) is 0 Å². The van der Waals surface area contributed by atoms with E-state index in [1.54, 1.807) is 0 Å². The van der Waals surface area contributed by atoms with Crippen molar-refractivity contribution in [2.45, 2.75) is 40.2 Å². The first-order valence-corrected chi connectivity index (χ1v) is 11.5. The number of hydrogen-bond acceptors (Lipinski definition) is 3. The third kappa shape index (κ3) is 4.18. The summed E-state index contributed by atoms with van der Waals surface area (Å²) >= 11 is 0. The predicted octanol–water partition coefficient (Wildman–Crippen LogP) is 3.89. The fourth-order valence-electron chi connectivity index (χ4n) is 3.78. The first-order valence-electron chi connectivity index (χ1n) is 9.37. The van der Waals surface area contributed by atoms with Gasteiger partial charge in [0.05, 0.1) is 0 Å². The summed E-state index contributed by atoms with van der Waals surface area (Å²) in [7, 11) is -1.90. The minimum Gasteiger partial charge on any atom is -0.392 e. The van der Waals surface area contributed by atoms with Gasteiger partial charge in [0, 0.05) is 6.04 Å². The van der Waals surface area contributed by atoms with Gasteiger partial charge in [-0.15, -0.1) is 0 Å². The van der Waals surface area contributed by atoms with E-state index in [1.807, 2.05) is 0 Å². The molecule has 132 valence electrons. The Balaban J connectivity index is 2.27. The molecule has 1 aromatic rings. The zero-order valence-corrected chi connectivity index (χ0v) is 16.8. The van der Waals surface area contributed by atoms with E-state index in [2.05, 4.69) is 90.5 Å². The van der Waals surface area contributed by atoms with Gasteiger partial charge in [-0.25, -0.2) is 0 Å². The van der Waals surface area contributed by atoms with Crippen molar-refractivity contribution in [2.24, 2.45) is 0 Å². The number of nitrogens with zero attached hydrogens (tertiary/aromatic N) is 2. The van der Waals surface area contributed by atoms with E-state index < -0.39 is 8.56 Å². The van der Waals surface area contributed by atoms with Crippen molar-refractivity contribution in [1.82, 2.24) is 14.1 Å². The van der Waals surface area contributed by atoms with Gasteiger partial charge in [0.25, 0.3) is 0 Å². The van der Waals surface area contributed by atoms with Gasteiger partial charge in [0.15, 0.2) is 0 Å². The van der Waals surface area contributed by atoms with Crippen molar-refractivity contribution >= 4 is 8.56 Å². The molecule has 0 aromatic heterocycles. The molecule has 0 amide bonds. The van der Waals surface area contributed by atoms with Crippen LogP contribution in [0.3, 0.4) is 0 Å². The molecule has 24 heavy (non-hydrogen) atoms. The highest BCUT2D eigenvalue weighted by molar-refractivity contribution is 6.72. The summed E-state index contributed by atoms with van der Waals surface area (Å²) in [5.74, 6) is 0. The number of allylic oxidation sites excluding steroid dienone is 3. The van der Waals surface area contributed by atoms with Crippen LogP contribution in [0.1, 0.15) is 33.3 Å². The third-order valence-electron chi connectivity index (χ3n) is 5.09. The summed E-state index contributed by atoms with van der Waals surface area (Å²) in [5, 5.41) is 0. The monoisotopic (exact) mass is 343 g/mol. The van der Waals surface area contributed by atoms with Crippen LogP contribution in [0.4, 0.5) is 0 Å². The van der Waals surface area contributed by atoms with Crippen LogP contribution in [-0.4, -0.2) is 43.9 Å². The molecule has 3 nitrogen and oxygen atoms in total. The van der Waals surface area contributed by atoms with E-state index in [1.165, 1.54) is 11.1 Å². The van der Waals surface area contributed by atoms with Crippen LogP contribution < -0.4 is 4.98 Å². The number of benzene rings is 1. The van der Waals surface area contributed by atoms with Crippen molar-refractivity contribution in [3.8, 4) is 0 Å². The highest BCUT2D eigenvalue weighted by Gasteiger charge is 2.43. The first kappa shape index (κ1) is 19.0. The molecule has 1 aromatic carbocycles. The largest absolute Gasteiger partial charge is 0.392 e. The molecule has 0 fully saturated rings. The maximum absolute atomic E-state index is 3.87. The van der Waals surface area contributed by atoms with Crippen LogP contribution in [0.25, 0.3) is 0 Å². The molecule has 1 aliphatic rings. The lowest BCUT2D eigenvalue weighted by atomic mass is 10.1. The highest BCUT2D eigenvalue weighted by Crippen LogP contribution is 2.23. The lowest BCUT2D eigenvalue weighted by Gasteiger charge is -2.46. The van der Waals surface area contributed by atoms with Crippen LogP contribution in [0.5, 0.6) is 0 Å². The maximum Gasteiger partial charge on any atom is 0.320 e. The Labute approximate surface area is 149 Å². The molecule has 0 aliphatic carbocycles. The summed E-state index contributed by atoms with van der Waals surface area (Å²) in [5.41, 5.74) is 2.80. The lowest BCUT2D eigenvalue weighted by Crippen LogP contribution is -2.72. The Hall–Kier alpha value is -1.36. The van der Waals surface area contributed by atoms with Crippen molar-refractivity contribution in [3.05, 3.63) is 59.8 Å². The fraction of sp³-hybridized carbons (Fsp3) is 0.500. The van der Waals surface area contributed by atoms with E-state index in [9.17, 15) is 0 Å². The van der Waals surface area contributed by atoms with Gasteiger partial charge in [-0.3, -0.25) is 9.13 Å². The van der Waals surface area contributed by atoms with Crippen molar-refractivity contribution < 1.29 is 0 Å². The SMILES string of the molecule is CCN(CC)[Si]1(N(CC)CC)CC=C(Cc2ccccc2)C=CN1. The molecule has 1 heterocycles. The average Bonchev–Trinajstić information content (AvgIpc) is 2.82. The maximum atomic E-state index is 3.87. The minimum absolute atomic E-state index is 1.01. The van der Waals surface area contributed by atoms with Gasteiger partial charge in [-0.1, -0.05) is 64.1 Å². The molecular formula is C20H33N3Si. The molecule has 0 radical (unpaired) electrons. The third-order valence-corrected chi connectivity index (χ3v) is 9.84. The summed E-state index contributed by atoms with van der Waals surface area (Å²) in [4.78, 5) is 3.87. The zero-order chi connectivity index (χ0) is 17.4. The minimum atomic E-state index is -1.90. The van der Waals surface area contributed by atoms with Gasteiger partial charge < -0.3 is 4.98 Å². The number of nitrogens with one attached hydrogen (secondary N) is 1. The van der Waals surface area contributed by atoms with Crippen LogP contribution in [0.2, 0.25) is 6.04 Å². The van der Waals surface area contributed by atoms with Gasteiger partial charge in [0.1, 0.15) is 0 Å². The predicted molar refractivity (Wildman–Crippen MR) is 107 cm³/mol. The number of rotatable bonds is 8. The van der Waals surface area contributed by atoms with Gasteiger partial charge in [0.2, 0.25) is 0 Å². The van der Waals surface area contributed by atoms with E-state index in [0.29, 0.717) is 0 Å². The van der Waals surface area contributed by atoms with Crippen molar-refractivity contribution in [3.63, 3.8) is 0 Å². The Morgan fingerprint density at radius 1 is 0.917 bits per heavy atom. The molecule has 1 aliphatic heterocycles. The Morgan fingerprint density at radius 3 is 2.04 bits per heavy atom. The lowest BCUT2D eigenvalue weighted by molar-refractivity contribution is 0.343. The van der Waals surface area contributed by atoms with Crippen LogP contribution in [0.15, 0.2) is 54.3 Å². The molecule has 4 heteroatoms.